The van der Waals surface area contributed by atoms with Crippen molar-refractivity contribution < 1.29 is 28.5 Å². The lowest BCUT2D eigenvalue weighted by molar-refractivity contribution is 0.0696. The fourth-order valence-electron chi connectivity index (χ4n) is 2.81. The van der Waals surface area contributed by atoms with E-state index >= 15 is 0 Å². The van der Waals surface area contributed by atoms with Gasteiger partial charge < -0.3 is 19.3 Å². The summed E-state index contributed by atoms with van der Waals surface area (Å²) in [6, 6.07) is 16.7. The van der Waals surface area contributed by atoms with Gasteiger partial charge in [-0.05, 0) is 53.1 Å². The van der Waals surface area contributed by atoms with Gasteiger partial charge in [0.25, 0.3) is 0 Å². The topological polar surface area (TPSA) is 65.0 Å². The number of aromatic carboxylic acids is 1. The monoisotopic (exact) mass is 408 g/mol. The third-order valence-corrected chi connectivity index (χ3v) is 4.45. The third-order valence-electron chi connectivity index (χ3n) is 4.45. The van der Waals surface area contributed by atoms with Gasteiger partial charge in [0.2, 0.25) is 0 Å². The maximum Gasteiger partial charge on any atom is 0.336 e. The van der Waals surface area contributed by atoms with Crippen molar-refractivity contribution in [2.24, 2.45) is 0 Å². The van der Waals surface area contributed by atoms with Crippen LogP contribution < -0.4 is 14.2 Å². The number of halogens is 1. The standard InChI is InChI=1S/C24H21FO5/c1-28-19-9-4-17(5-10-19)15-30-20-11-8-18(21(14-20)24(26)27)7-3-16-6-12-22(25)23(13-16)29-2/h3-14H,15H2,1-2H3,(H,26,27). The number of methoxy groups -OCH3 is 2. The Labute approximate surface area is 174 Å². The largest absolute Gasteiger partial charge is 0.497 e. The zero-order valence-corrected chi connectivity index (χ0v) is 16.6. The molecule has 1 N–H and O–H groups in total. The summed E-state index contributed by atoms with van der Waals surface area (Å²) in [4.78, 5) is 11.7. The van der Waals surface area contributed by atoms with Gasteiger partial charge >= 0.3 is 5.97 Å². The summed E-state index contributed by atoms with van der Waals surface area (Å²) in [5.41, 5.74) is 2.22. The number of carboxylic acid groups (broad SMARTS) is 1. The number of hydrogen-bond donors (Lipinski definition) is 1. The molecule has 30 heavy (non-hydrogen) atoms. The van der Waals surface area contributed by atoms with Crippen molar-refractivity contribution >= 4 is 18.1 Å². The number of carboxylic acids is 1. The summed E-state index contributed by atoms with van der Waals surface area (Å²) in [6.07, 6.45) is 3.35. The van der Waals surface area contributed by atoms with Gasteiger partial charge in [0, 0.05) is 0 Å². The molecule has 0 fully saturated rings. The van der Waals surface area contributed by atoms with E-state index in [4.69, 9.17) is 14.2 Å². The minimum atomic E-state index is -1.07. The first-order valence-corrected chi connectivity index (χ1v) is 9.15. The minimum Gasteiger partial charge on any atom is -0.497 e. The maximum absolute atomic E-state index is 13.5. The van der Waals surface area contributed by atoms with Crippen molar-refractivity contribution in [3.8, 4) is 17.2 Å². The normalized spacial score (nSPS) is 10.8. The molecular weight excluding hydrogens is 387 g/mol. The minimum absolute atomic E-state index is 0.104. The van der Waals surface area contributed by atoms with Crippen molar-refractivity contribution in [1.82, 2.24) is 0 Å². The summed E-state index contributed by atoms with van der Waals surface area (Å²) in [5.74, 6) is -0.205. The summed E-state index contributed by atoms with van der Waals surface area (Å²) >= 11 is 0. The fourth-order valence-corrected chi connectivity index (χ4v) is 2.81. The van der Waals surface area contributed by atoms with Crippen molar-refractivity contribution in [2.75, 3.05) is 14.2 Å². The molecule has 0 saturated heterocycles. The second-order valence-corrected chi connectivity index (χ2v) is 6.42. The van der Waals surface area contributed by atoms with Gasteiger partial charge in [0.15, 0.2) is 11.6 Å². The molecular formula is C24H21FO5. The van der Waals surface area contributed by atoms with E-state index in [0.717, 1.165) is 11.3 Å². The van der Waals surface area contributed by atoms with Crippen molar-refractivity contribution in [2.45, 2.75) is 6.61 Å². The Hall–Kier alpha value is -3.80. The molecule has 0 bridgehead atoms. The Morgan fingerprint density at radius 3 is 2.33 bits per heavy atom. The van der Waals surface area contributed by atoms with Crippen LogP contribution >= 0.6 is 0 Å². The van der Waals surface area contributed by atoms with Crippen LogP contribution in [-0.2, 0) is 6.61 Å². The van der Waals surface area contributed by atoms with Gasteiger partial charge in [-0.25, -0.2) is 9.18 Å². The summed E-state index contributed by atoms with van der Waals surface area (Å²) in [7, 11) is 2.99. The lowest BCUT2D eigenvalue weighted by Crippen LogP contribution is -2.02. The SMILES string of the molecule is COc1ccc(COc2ccc(C=Cc3ccc(F)c(OC)c3)c(C(=O)O)c2)cc1. The summed E-state index contributed by atoms with van der Waals surface area (Å²) in [6.45, 7) is 0.299. The van der Waals surface area contributed by atoms with Crippen LogP contribution in [0.5, 0.6) is 17.2 Å². The van der Waals surface area contributed by atoms with E-state index in [1.807, 2.05) is 24.3 Å². The Morgan fingerprint density at radius 1 is 0.933 bits per heavy atom. The smallest absolute Gasteiger partial charge is 0.336 e. The Morgan fingerprint density at radius 2 is 1.67 bits per heavy atom. The third kappa shape index (κ3) is 5.17. The maximum atomic E-state index is 13.5. The Balaban J connectivity index is 1.76. The van der Waals surface area contributed by atoms with Gasteiger partial charge in [-0.15, -0.1) is 0 Å². The molecule has 0 aliphatic carbocycles. The molecule has 0 aliphatic rings. The van der Waals surface area contributed by atoms with Gasteiger partial charge in [0.05, 0.1) is 19.8 Å². The lowest BCUT2D eigenvalue weighted by atomic mass is 10.1. The van der Waals surface area contributed by atoms with Crippen molar-refractivity contribution in [3.63, 3.8) is 0 Å². The predicted molar refractivity (Wildman–Crippen MR) is 113 cm³/mol. The first-order chi connectivity index (χ1) is 14.5. The molecule has 3 aromatic rings. The molecule has 5 nitrogen and oxygen atoms in total. The van der Waals surface area contributed by atoms with E-state index in [9.17, 15) is 14.3 Å². The molecule has 0 saturated carbocycles. The lowest BCUT2D eigenvalue weighted by Gasteiger charge is -2.09. The Kier molecular flexibility index (Phi) is 6.70. The van der Waals surface area contributed by atoms with Crippen molar-refractivity contribution in [3.05, 3.63) is 88.7 Å². The molecule has 0 aliphatic heterocycles. The van der Waals surface area contributed by atoms with Crippen molar-refractivity contribution in [1.29, 1.82) is 0 Å². The highest BCUT2D eigenvalue weighted by molar-refractivity contribution is 5.94. The molecule has 0 radical (unpaired) electrons. The number of benzene rings is 3. The highest BCUT2D eigenvalue weighted by Crippen LogP contribution is 2.23. The average Bonchev–Trinajstić information content (AvgIpc) is 2.77. The second kappa shape index (κ2) is 9.60. The quantitative estimate of drug-likeness (QED) is 0.513. The van der Waals surface area contributed by atoms with Crippen LogP contribution in [0.3, 0.4) is 0 Å². The number of hydrogen-bond acceptors (Lipinski definition) is 4. The summed E-state index contributed by atoms with van der Waals surface area (Å²) in [5, 5.41) is 9.58. The molecule has 0 heterocycles. The van der Waals surface area contributed by atoms with Gasteiger partial charge in [-0.3, -0.25) is 0 Å². The highest BCUT2D eigenvalue weighted by atomic mass is 19.1. The predicted octanol–water partition coefficient (Wildman–Crippen LogP) is 5.29. The van der Waals surface area contributed by atoms with E-state index < -0.39 is 11.8 Å². The number of ether oxygens (including phenoxy) is 3. The van der Waals surface area contributed by atoms with E-state index in [-0.39, 0.29) is 11.3 Å². The highest BCUT2D eigenvalue weighted by Gasteiger charge is 2.10. The molecule has 0 unspecified atom stereocenters. The van der Waals surface area contributed by atoms with Crippen LogP contribution in [-0.4, -0.2) is 25.3 Å². The average molecular weight is 408 g/mol. The number of rotatable bonds is 8. The summed E-state index contributed by atoms with van der Waals surface area (Å²) < 4.78 is 29.4. The van der Waals surface area contributed by atoms with E-state index in [2.05, 4.69) is 0 Å². The van der Waals surface area contributed by atoms with Gasteiger partial charge in [0.1, 0.15) is 18.1 Å². The van der Waals surface area contributed by atoms with Crippen LogP contribution in [0.1, 0.15) is 27.0 Å². The van der Waals surface area contributed by atoms with Crippen LogP contribution in [0, 0.1) is 5.82 Å². The van der Waals surface area contributed by atoms with E-state index in [0.29, 0.717) is 23.5 Å². The van der Waals surface area contributed by atoms with Crippen LogP contribution in [0.2, 0.25) is 0 Å². The first-order valence-electron chi connectivity index (χ1n) is 9.15. The zero-order chi connectivity index (χ0) is 21.5. The molecule has 0 aromatic heterocycles. The van der Waals surface area contributed by atoms with Gasteiger partial charge in [-0.1, -0.05) is 36.4 Å². The molecule has 6 heteroatoms. The Bertz CT molecular complexity index is 1060. The van der Waals surface area contributed by atoms with E-state index in [1.165, 1.54) is 19.2 Å². The molecule has 3 rings (SSSR count). The second-order valence-electron chi connectivity index (χ2n) is 6.42. The molecule has 154 valence electrons. The molecule has 0 amide bonds. The molecule has 0 atom stereocenters. The molecule has 3 aromatic carbocycles. The first kappa shape index (κ1) is 20.9. The molecule has 0 spiro atoms. The van der Waals surface area contributed by atoms with E-state index in [1.54, 1.807) is 43.5 Å². The van der Waals surface area contributed by atoms with Crippen LogP contribution in [0.15, 0.2) is 60.7 Å². The fraction of sp³-hybridized carbons (Fsp3) is 0.125. The van der Waals surface area contributed by atoms with Gasteiger partial charge in [-0.2, -0.15) is 0 Å². The number of carbonyl (C=O) groups is 1. The van der Waals surface area contributed by atoms with Crippen LogP contribution in [0.25, 0.3) is 12.2 Å². The zero-order valence-electron chi connectivity index (χ0n) is 16.6. The van der Waals surface area contributed by atoms with Crippen LogP contribution in [0.4, 0.5) is 4.39 Å².